The Morgan fingerprint density at radius 2 is 2.07 bits per heavy atom. The minimum absolute atomic E-state index is 0. The molecule has 0 radical (unpaired) electrons. The monoisotopic (exact) mass is 270 g/mol. The summed E-state index contributed by atoms with van der Waals surface area (Å²) in [6, 6.07) is 5.42. The van der Waals surface area contributed by atoms with Gasteiger partial charge in [0, 0.05) is 5.75 Å². The number of amidine groups is 1. The molecule has 0 atom stereocenters. The molecule has 0 fully saturated rings. The lowest BCUT2D eigenvalue weighted by molar-refractivity contribution is 1.42. The highest BCUT2D eigenvalue weighted by Gasteiger charge is 2.04. The van der Waals surface area contributed by atoms with Gasteiger partial charge in [-0.1, -0.05) is 47.1 Å². The normalized spacial score (nSPS) is 9.29. The molecule has 0 aromatic heterocycles. The van der Waals surface area contributed by atoms with E-state index in [1.165, 1.54) is 11.8 Å². The summed E-state index contributed by atoms with van der Waals surface area (Å²) in [6.07, 6.45) is 0. The molecule has 2 nitrogen and oxygen atoms in total. The van der Waals surface area contributed by atoms with E-state index in [0.717, 1.165) is 5.56 Å². The molecule has 78 valence electrons. The van der Waals surface area contributed by atoms with Crippen LogP contribution in [0.3, 0.4) is 0 Å². The van der Waals surface area contributed by atoms with Crippen LogP contribution in [0.1, 0.15) is 5.56 Å². The molecule has 0 unspecified atom stereocenters. The van der Waals surface area contributed by atoms with Crippen LogP contribution in [-0.4, -0.2) is 5.17 Å². The number of nitrogens with two attached hydrogens (primary N) is 1. The van der Waals surface area contributed by atoms with Gasteiger partial charge in [-0.05, 0) is 11.6 Å². The van der Waals surface area contributed by atoms with Crippen molar-refractivity contribution >= 4 is 52.5 Å². The number of nitrogens with one attached hydrogen (secondary N) is 1. The third-order valence-corrected chi connectivity index (χ3v) is 3.04. The average Bonchev–Trinajstić information content (AvgIpc) is 2.07. The van der Waals surface area contributed by atoms with Crippen molar-refractivity contribution in [1.29, 1.82) is 5.41 Å². The number of rotatable bonds is 2. The van der Waals surface area contributed by atoms with Crippen molar-refractivity contribution < 1.29 is 0 Å². The number of benzene rings is 1. The standard InChI is InChI=1S/C8H8Cl2N2S.ClH/c9-6-3-1-2-5(7(6)10)4-13-8(11)12;/h1-3H,4H2,(H3,11,12);1H. The maximum absolute atomic E-state index is 7.03. The zero-order valence-electron chi connectivity index (χ0n) is 7.09. The quantitative estimate of drug-likeness (QED) is 0.638. The van der Waals surface area contributed by atoms with Crippen LogP contribution >= 0.6 is 47.4 Å². The van der Waals surface area contributed by atoms with E-state index in [-0.39, 0.29) is 17.6 Å². The molecule has 1 aromatic carbocycles. The first-order valence-electron chi connectivity index (χ1n) is 3.51. The van der Waals surface area contributed by atoms with Gasteiger partial charge >= 0.3 is 0 Å². The summed E-state index contributed by atoms with van der Waals surface area (Å²) in [4.78, 5) is 0. The third-order valence-electron chi connectivity index (χ3n) is 1.41. The van der Waals surface area contributed by atoms with E-state index in [4.69, 9.17) is 34.3 Å². The third kappa shape index (κ3) is 3.96. The smallest absolute Gasteiger partial charge is 0.151 e. The van der Waals surface area contributed by atoms with Crippen LogP contribution in [0.15, 0.2) is 18.2 Å². The van der Waals surface area contributed by atoms with E-state index in [9.17, 15) is 0 Å². The molecule has 14 heavy (non-hydrogen) atoms. The van der Waals surface area contributed by atoms with Gasteiger partial charge in [0.05, 0.1) is 10.0 Å². The Morgan fingerprint density at radius 1 is 1.43 bits per heavy atom. The summed E-state index contributed by atoms with van der Waals surface area (Å²) in [5, 5.41) is 8.18. The van der Waals surface area contributed by atoms with Crippen LogP contribution in [0.25, 0.3) is 0 Å². The first kappa shape index (κ1) is 13.9. The highest BCUT2D eigenvalue weighted by Crippen LogP contribution is 2.28. The molecule has 3 N–H and O–H groups in total. The number of halogens is 3. The largest absolute Gasteiger partial charge is 0.379 e. The van der Waals surface area contributed by atoms with E-state index in [1.807, 2.05) is 12.1 Å². The Hall–Kier alpha value is -0.0900. The SMILES string of the molecule is Cl.N=C(N)SCc1cccc(Cl)c1Cl. The summed E-state index contributed by atoms with van der Waals surface area (Å²) in [5.74, 6) is 0.578. The Bertz CT molecular complexity index is 330. The van der Waals surface area contributed by atoms with Crippen LogP contribution in [0.4, 0.5) is 0 Å². The molecule has 0 aliphatic carbocycles. The molecule has 0 spiro atoms. The Morgan fingerprint density at radius 3 is 2.64 bits per heavy atom. The van der Waals surface area contributed by atoms with Gasteiger partial charge in [0.25, 0.3) is 0 Å². The van der Waals surface area contributed by atoms with Crippen molar-refractivity contribution in [3.63, 3.8) is 0 Å². The average molecular weight is 272 g/mol. The summed E-state index contributed by atoms with van der Waals surface area (Å²) < 4.78 is 0. The number of hydrogen-bond donors (Lipinski definition) is 2. The highest BCUT2D eigenvalue weighted by atomic mass is 35.5. The molecule has 1 rings (SSSR count). The molecule has 0 aliphatic rings. The molecule has 0 heterocycles. The highest BCUT2D eigenvalue weighted by molar-refractivity contribution is 8.13. The van der Waals surface area contributed by atoms with Crippen LogP contribution in [0.5, 0.6) is 0 Å². The maximum atomic E-state index is 7.03. The predicted molar refractivity (Wildman–Crippen MR) is 66.9 cm³/mol. The summed E-state index contributed by atoms with van der Waals surface area (Å²) >= 11 is 12.9. The van der Waals surface area contributed by atoms with Gasteiger partial charge in [-0.25, -0.2) is 0 Å². The minimum atomic E-state index is 0. The maximum Gasteiger partial charge on any atom is 0.151 e. The van der Waals surface area contributed by atoms with Gasteiger partial charge in [0.15, 0.2) is 5.17 Å². The zero-order chi connectivity index (χ0) is 9.84. The second-order valence-corrected chi connectivity index (χ2v) is 4.17. The molecule has 0 aliphatic heterocycles. The van der Waals surface area contributed by atoms with E-state index in [1.54, 1.807) is 6.07 Å². The molecular weight excluding hydrogens is 263 g/mol. The molecule has 0 saturated carbocycles. The minimum Gasteiger partial charge on any atom is -0.379 e. The van der Waals surface area contributed by atoms with Gasteiger partial charge in [-0.2, -0.15) is 0 Å². The fourth-order valence-corrected chi connectivity index (χ4v) is 1.83. The van der Waals surface area contributed by atoms with Crippen molar-refractivity contribution in [3.05, 3.63) is 33.8 Å². The van der Waals surface area contributed by atoms with Crippen molar-refractivity contribution in [3.8, 4) is 0 Å². The van der Waals surface area contributed by atoms with Crippen LogP contribution < -0.4 is 5.73 Å². The Kier molecular flexibility index (Phi) is 6.36. The van der Waals surface area contributed by atoms with Gasteiger partial charge in [-0.15, -0.1) is 12.4 Å². The Labute approximate surface area is 103 Å². The lowest BCUT2D eigenvalue weighted by Gasteiger charge is -2.03. The fourth-order valence-electron chi connectivity index (χ4n) is 0.815. The number of hydrogen-bond acceptors (Lipinski definition) is 2. The molecule has 6 heteroatoms. The van der Waals surface area contributed by atoms with E-state index in [0.29, 0.717) is 15.8 Å². The first-order chi connectivity index (χ1) is 6.11. The van der Waals surface area contributed by atoms with E-state index >= 15 is 0 Å². The summed E-state index contributed by atoms with van der Waals surface area (Å²) in [5.41, 5.74) is 6.10. The van der Waals surface area contributed by atoms with Gasteiger partial charge < -0.3 is 5.73 Å². The molecule has 0 amide bonds. The van der Waals surface area contributed by atoms with Crippen molar-refractivity contribution in [1.82, 2.24) is 0 Å². The van der Waals surface area contributed by atoms with E-state index in [2.05, 4.69) is 0 Å². The lowest BCUT2D eigenvalue weighted by Crippen LogP contribution is -2.03. The van der Waals surface area contributed by atoms with Gasteiger partial charge in [0.2, 0.25) is 0 Å². The number of thioether (sulfide) groups is 1. The zero-order valence-corrected chi connectivity index (χ0v) is 10.2. The van der Waals surface area contributed by atoms with Gasteiger partial charge in [0.1, 0.15) is 0 Å². The van der Waals surface area contributed by atoms with Crippen LogP contribution in [0.2, 0.25) is 10.0 Å². The molecule has 1 aromatic rings. The van der Waals surface area contributed by atoms with Crippen molar-refractivity contribution in [2.24, 2.45) is 5.73 Å². The lowest BCUT2D eigenvalue weighted by atomic mass is 10.2. The topological polar surface area (TPSA) is 49.9 Å². The predicted octanol–water partition coefficient (Wildman–Crippen LogP) is 3.54. The first-order valence-corrected chi connectivity index (χ1v) is 5.25. The summed E-state index contributed by atoms with van der Waals surface area (Å²) in [6.45, 7) is 0. The molecule has 0 saturated heterocycles. The molecular formula is C8H9Cl3N2S. The van der Waals surface area contributed by atoms with Crippen LogP contribution in [-0.2, 0) is 5.75 Å². The Balaban J connectivity index is 0.00000169. The van der Waals surface area contributed by atoms with Gasteiger partial charge in [-0.3, -0.25) is 5.41 Å². The summed E-state index contributed by atoms with van der Waals surface area (Å²) in [7, 11) is 0. The van der Waals surface area contributed by atoms with Crippen molar-refractivity contribution in [2.45, 2.75) is 5.75 Å². The molecule has 0 bridgehead atoms. The second kappa shape index (κ2) is 6.40. The van der Waals surface area contributed by atoms with Crippen LogP contribution in [0, 0.1) is 5.41 Å². The fraction of sp³-hybridized carbons (Fsp3) is 0.125. The second-order valence-electron chi connectivity index (χ2n) is 2.37. The van der Waals surface area contributed by atoms with Crippen molar-refractivity contribution in [2.75, 3.05) is 0 Å². The van der Waals surface area contributed by atoms with E-state index < -0.39 is 0 Å².